The van der Waals surface area contributed by atoms with E-state index in [2.05, 4.69) is 36.2 Å². The van der Waals surface area contributed by atoms with Gasteiger partial charge < -0.3 is 0 Å². The summed E-state index contributed by atoms with van der Waals surface area (Å²) >= 11 is 3.19. The summed E-state index contributed by atoms with van der Waals surface area (Å²) in [6.07, 6.45) is 1.80. The van der Waals surface area contributed by atoms with E-state index in [4.69, 9.17) is 0 Å². The highest BCUT2D eigenvalue weighted by Gasteiger charge is 2.05. The van der Waals surface area contributed by atoms with Crippen molar-refractivity contribution in [2.45, 2.75) is 0 Å². The molecule has 0 fully saturated rings. The van der Waals surface area contributed by atoms with Crippen molar-refractivity contribution in [3.8, 4) is 11.3 Å². The van der Waals surface area contributed by atoms with Crippen LogP contribution in [0.2, 0.25) is 0 Å². The van der Waals surface area contributed by atoms with Crippen LogP contribution in [0.25, 0.3) is 17.0 Å². The van der Waals surface area contributed by atoms with E-state index in [1.165, 1.54) is 0 Å². The molecule has 0 amide bonds. The summed E-state index contributed by atoms with van der Waals surface area (Å²) < 4.78 is 2.10. The zero-order valence-corrected chi connectivity index (χ0v) is 9.66. The molecule has 3 rings (SSSR count). The number of rotatable bonds is 1. The van der Waals surface area contributed by atoms with Crippen LogP contribution in [0.1, 0.15) is 0 Å². The molecule has 0 saturated carbocycles. The molecule has 0 aliphatic carbocycles. The Morgan fingerprint density at radius 1 is 1.06 bits per heavy atom. The van der Waals surface area contributed by atoms with E-state index in [9.17, 15) is 0 Å². The minimum atomic E-state index is 0.478. The molecule has 16 heavy (non-hydrogen) atoms. The number of hydrogen-bond donors (Lipinski definition) is 0. The lowest BCUT2D eigenvalue weighted by Gasteiger charge is -1.98. The van der Waals surface area contributed by atoms with Gasteiger partial charge >= 0.3 is 0 Å². The molecule has 2 aromatic heterocycles. The maximum Gasteiger partial charge on any atom is 0.272 e. The second kappa shape index (κ2) is 3.64. The highest BCUT2D eigenvalue weighted by Crippen LogP contribution is 2.15. The first-order chi connectivity index (χ1) is 7.83. The van der Waals surface area contributed by atoms with Crippen LogP contribution >= 0.6 is 15.9 Å². The number of aromatic nitrogens is 5. The van der Waals surface area contributed by atoms with Crippen molar-refractivity contribution in [1.29, 1.82) is 0 Å². The third kappa shape index (κ3) is 1.57. The van der Waals surface area contributed by atoms with Gasteiger partial charge in [-0.1, -0.05) is 30.3 Å². The van der Waals surface area contributed by atoms with Gasteiger partial charge in [0.25, 0.3) is 5.78 Å². The summed E-state index contributed by atoms with van der Waals surface area (Å²) in [6, 6.07) is 9.82. The molecule has 3 aromatic rings. The van der Waals surface area contributed by atoms with Gasteiger partial charge in [-0.05, 0) is 15.9 Å². The van der Waals surface area contributed by atoms with Gasteiger partial charge in [0.15, 0.2) is 0 Å². The quantitative estimate of drug-likeness (QED) is 0.681. The highest BCUT2D eigenvalue weighted by atomic mass is 79.9. The summed E-state index contributed by atoms with van der Waals surface area (Å²) in [4.78, 5) is 4.04. The van der Waals surface area contributed by atoms with Crippen molar-refractivity contribution < 1.29 is 0 Å². The Morgan fingerprint density at radius 2 is 1.88 bits per heavy atom. The molecule has 78 valence electrons. The standard InChI is InChI=1S/C10H6BrN5/c11-9-12-10-14-13-8(6-16(10)15-9)7-4-2-1-3-5-7/h1-6H. The van der Waals surface area contributed by atoms with Crippen LogP contribution in [0.4, 0.5) is 0 Å². The molecule has 0 radical (unpaired) electrons. The molecule has 2 heterocycles. The number of benzene rings is 1. The average Bonchev–Trinajstić information content (AvgIpc) is 2.69. The largest absolute Gasteiger partial charge is 0.272 e. The Morgan fingerprint density at radius 3 is 2.69 bits per heavy atom. The van der Waals surface area contributed by atoms with Gasteiger partial charge in [-0.2, -0.15) is 9.50 Å². The Labute approximate surface area is 99.3 Å². The Balaban J connectivity index is 2.18. The lowest BCUT2D eigenvalue weighted by molar-refractivity contribution is 0.886. The summed E-state index contributed by atoms with van der Waals surface area (Å²) in [7, 11) is 0. The van der Waals surface area contributed by atoms with Crippen LogP contribution in [0.5, 0.6) is 0 Å². The van der Waals surface area contributed by atoms with Crippen LogP contribution in [0.3, 0.4) is 0 Å². The predicted molar refractivity (Wildman–Crippen MR) is 61.7 cm³/mol. The van der Waals surface area contributed by atoms with Gasteiger partial charge in [-0.3, -0.25) is 0 Å². The minimum absolute atomic E-state index is 0.478. The molecule has 6 heteroatoms. The van der Waals surface area contributed by atoms with Crippen LogP contribution in [0, 0.1) is 0 Å². The predicted octanol–water partition coefficient (Wildman–Crippen LogP) is 1.95. The van der Waals surface area contributed by atoms with E-state index in [1.807, 2.05) is 30.3 Å². The number of hydrogen-bond acceptors (Lipinski definition) is 4. The monoisotopic (exact) mass is 275 g/mol. The van der Waals surface area contributed by atoms with Crippen molar-refractivity contribution in [3.05, 3.63) is 41.3 Å². The maximum absolute atomic E-state index is 4.12. The molecule has 0 aliphatic rings. The summed E-state index contributed by atoms with van der Waals surface area (Å²) in [5.74, 6) is 0.478. The molecular formula is C10H6BrN5. The summed E-state index contributed by atoms with van der Waals surface area (Å²) in [5, 5.41) is 12.2. The number of fused-ring (bicyclic) bond motifs is 1. The van der Waals surface area contributed by atoms with Crippen LogP contribution in [0.15, 0.2) is 41.3 Å². The van der Waals surface area contributed by atoms with Crippen molar-refractivity contribution in [1.82, 2.24) is 24.8 Å². The number of nitrogens with zero attached hydrogens (tertiary/aromatic N) is 5. The van der Waals surface area contributed by atoms with E-state index in [1.54, 1.807) is 10.7 Å². The third-order valence-electron chi connectivity index (χ3n) is 2.15. The van der Waals surface area contributed by atoms with Crippen molar-refractivity contribution in [3.63, 3.8) is 0 Å². The Kier molecular flexibility index (Phi) is 2.14. The maximum atomic E-state index is 4.12. The molecule has 1 aromatic carbocycles. The highest BCUT2D eigenvalue weighted by molar-refractivity contribution is 9.10. The molecular weight excluding hydrogens is 270 g/mol. The molecule has 0 aliphatic heterocycles. The fourth-order valence-electron chi connectivity index (χ4n) is 1.43. The van der Waals surface area contributed by atoms with E-state index >= 15 is 0 Å². The van der Waals surface area contributed by atoms with Crippen LogP contribution < -0.4 is 0 Å². The van der Waals surface area contributed by atoms with Gasteiger partial charge in [-0.25, -0.2) is 0 Å². The fraction of sp³-hybridized carbons (Fsp3) is 0. The second-order valence-corrected chi connectivity index (χ2v) is 3.92. The smallest absolute Gasteiger partial charge is 0.200 e. The lowest BCUT2D eigenvalue weighted by Crippen LogP contribution is -1.96. The van der Waals surface area contributed by atoms with Crippen molar-refractivity contribution in [2.75, 3.05) is 0 Å². The van der Waals surface area contributed by atoms with Crippen LogP contribution in [-0.2, 0) is 0 Å². The summed E-state index contributed by atoms with van der Waals surface area (Å²) in [6.45, 7) is 0. The molecule has 0 bridgehead atoms. The first kappa shape index (κ1) is 9.41. The van der Waals surface area contributed by atoms with Gasteiger partial charge in [-0.15, -0.1) is 15.3 Å². The Hall–Kier alpha value is -1.82. The van der Waals surface area contributed by atoms with E-state index < -0.39 is 0 Å². The fourth-order valence-corrected chi connectivity index (χ4v) is 1.76. The molecule has 0 unspecified atom stereocenters. The first-order valence-electron chi connectivity index (χ1n) is 4.64. The Bertz CT molecular complexity index is 634. The van der Waals surface area contributed by atoms with Crippen LogP contribution in [-0.4, -0.2) is 24.8 Å². The molecule has 0 N–H and O–H groups in total. The van der Waals surface area contributed by atoms with Gasteiger partial charge in [0.1, 0.15) is 5.69 Å². The van der Waals surface area contributed by atoms with E-state index in [0.29, 0.717) is 10.5 Å². The van der Waals surface area contributed by atoms with Gasteiger partial charge in [0.05, 0.1) is 6.20 Å². The first-order valence-corrected chi connectivity index (χ1v) is 5.43. The summed E-state index contributed by atoms with van der Waals surface area (Å²) in [5.41, 5.74) is 1.77. The molecule has 0 spiro atoms. The average molecular weight is 276 g/mol. The zero-order chi connectivity index (χ0) is 11.0. The molecule has 5 nitrogen and oxygen atoms in total. The van der Waals surface area contributed by atoms with E-state index in [-0.39, 0.29) is 0 Å². The number of halogens is 1. The topological polar surface area (TPSA) is 56.0 Å². The van der Waals surface area contributed by atoms with E-state index in [0.717, 1.165) is 11.3 Å². The third-order valence-corrected chi connectivity index (χ3v) is 2.48. The SMILES string of the molecule is Brc1nc2nnc(-c3ccccc3)cn2n1. The second-order valence-electron chi connectivity index (χ2n) is 3.21. The normalized spacial score (nSPS) is 10.8. The lowest BCUT2D eigenvalue weighted by atomic mass is 10.2. The van der Waals surface area contributed by atoms with Gasteiger partial charge in [0.2, 0.25) is 4.73 Å². The minimum Gasteiger partial charge on any atom is -0.200 e. The van der Waals surface area contributed by atoms with Gasteiger partial charge in [0, 0.05) is 5.56 Å². The van der Waals surface area contributed by atoms with Crippen molar-refractivity contribution in [2.24, 2.45) is 0 Å². The zero-order valence-electron chi connectivity index (χ0n) is 8.08. The molecule has 0 atom stereocenters. The van der Waals surface area contributed by atoms with Crippen molar-refractivity contribution >= 4 is 21.7 Å². The molecule has 0 saturated heterocycles.